The number of rotatable bonds is 5. The molecule has 1 aliphatic carbocycles. The Morgan fingerprint density at radius 2 is 1.62 bits per heavy atom. The molecule has 0 aromatic heterocycles. The molecule has 1 saturated carbocycles. The van der Waals surface area contributed by atoms with Crippen LogP contribution in [0.5, 0.6) is 0 Å². The fourth-order valence-electron chi connectivity index (χ4n) is 2.40. The van der Waals surface area contributed by atoms with Crippen LogP contribution in [0.15, 0.2) is 60.7 Å². The van der Waals surface area contributed by atoms with Gasteiger partial charge in [-0.2, -0.15) is 0 Å². The van der Waals surface area contributed by atoms with E-state index in [2.05, 4.69) is 34.9 Å². The van der Waals surface area contributed by atoms with Gasteiger partial charge in [-0.25, -0.2) is 4.79 Å². The van der Waals surface area contributed by atoms with Crippen LogP contribution in [0.25, 0.3) is 0 Å². The summed E-state index contributed by atoms with van der Waals surface area (Å²) in [5, 5.41) is 6.09. The Balaban J connectivity index is 1.72. The number of carbonyl (C=O) groups excluding carboxylic acids is 1. The van der Waals surface area contributed by atoms with Crippen molar-refractivity contribution in [1.29, 1.82) is 0 Å². The van der Waals surface area contributed by atoms with E-state index in [-0.39, 0.29) is 12.1 Å². The van der Waals surface area contributed by atoms with Crippen molar-refractivity contribution < 1.29 is 4.79 Å². The van der Waals surface area contributed by atoms with Crippen molar-refractivity contribution in [1.82, 2.24) is 10.6 Å². The first-order valence-electron chi connectivity index (χ1n) is 7.47. The first kappa shape index (κ1) is 13.7. The minimum atomic E-state index is -0.0673. The number of urea groups is 1. The van der Waals surface area contributed by atoms with Gasteiger partial charge < -0.3 is 10.6 Å². The maximum atomic E-state index is 12.0. The fraction of sp³-hybridized carbons (Fsp3) is 0.278. The Morgan fingerprint density at radius 3 is 2.24 bits per heavy atom. The SMILES string of the molecule is O=C(NC1CC1)NC(Cc1ccccc1)c1ccccc1. The molecule has 0 spiro atoms. The summed E-state index contributed by atoms with van der Waals surface area (Å²) in [7, 11) is 0. The van der Waals surface area contributed by atoms with Crippen LogP contribution in [-0.4, -0.2) is 12.1 Å². The summed E-state index contributed by atoms with van der Waals surface area (Å²) < 4.78 is 0. The van der Waals surface area contributed by atoms with Crippen molar-refractivity contribution in [3.05, 3.63) is 71.8 Å². The van der Waals surface area contributed by atoms with Gasteiger partial charge in [0.25, 0.3) is 0 Å². The van der Waals surface area contributed by atoms with Gasteiger partial charge in [0.2, 0.25) is 0 Å². The van der Waals surface area contributed by atoms with E-state index in [1.54, 1.807) is 0 Å². The molecule has 3 heteroatoms. The molecule has 0 radical (unpaired) electrons. The van der Waals surface area contributed by atoms with E-state index in [4.69, 9.17) is 0 Å². The zero-order valence-corrected chi connectivity index (χ0v) is 12.0. The molecule has 2 amide bonds. The zero-order valence-electron chi connectivity index (χ0n) is 12.0. The van der Waals surface area contributed by atoms with E-state index >= 15 is 0 Å². The van der Waals surface area contributed by atoms with Gasteiger partial charge in [-0.15, -0.1) is 0 Å². The lowest BCUT2D eigenvalue weighted by Crippen LogP contribution is -2.39. The molecule has 0 bridgehead atoms. The van der Waals surface area contributed by atoms with Crippen LogP contribution in [0.3, 0.4) is 0 Å². The molecule has 2 aromatic carbocycles. The molecule has 3 rings (SSSR count). The molecular weight excluding hydrogens is 260 g/mol. The molecule has 1 fully saturated rings. The molecule has 2 aromatic rings. The molecule has 0 aliphatic heterocycles. The highest BCUT2D eigenvalue weighted by Gasteiger charge is 2.24. The Kier molecular flexibility index (Phi) is 4.20. The second-order valence-corrected chi connectivity index (χ2v) is 5.55. The van der Waals surface area contributed by atoms with Gasteiger partial charge in [0.05, 0.1) is 6.04 Å². The lowest BCUT2D eigenvalue weighted by molar-refractivity contribution is 0.236. The first-order valence-corrected chi connectivity index (χ1v) is 7.47. The number of nitrogens with one attached hydrogen (secondary N) is 2. The van der Waals surface area contributed by atoms with E-state index in [9.17, 15) is 4.79 Å². The van der Waals surface area contributed by atoms with Crippen LogP contribution in [0.4, 0.5) is 4.79 Å². The van der Waals surface area contributed by atoms with Crippen LogP contribution < -0.4 is 10.6 Å². The van der Waals surface area contributed by atoms with Gasteiger partial charge in [0.15, 0.2) is 0 Å². The number of benzene rings is 2. The Labute approximate surface area is 125 Å². The molecule has 1 unspecified atom stereocenters. The van der Waals surface area contributed by atoms with Gasteiger partial charge >= 0.3 is 6.03 Å². The Bertz CT molecular complexity index is 579. The molecule has 0 heterocycles. The number of amides is 2. The Hall–Kier alpha value is -2.29. The predicted octanol–water partition coefficient (Wildman–Crippen LogP) is 3.43. The lowest BCUT2D eigenvalue weighted by atomic mass is 9.99. The third-order valence-corrected chi connectivity index (χ3v) is 3.70. The minimum absolute atomic E-state index is 0.00708. The zero-order chi connectivity index (χ0) is 14.5. The van der Waals surface area contributed by atoms with Crippen molar-refractivity contribution in [2.75, 3.05) is 0 Å². The van der Waals surface area contributed by atoms with Crippen LogP contribution >= 0.6 is 0 Å². The van der Waals surface area contributed by atoms with E-state index < -0.39 is 0 Å². The minimum Gasteiger partial charge on any atom is -0.335 e. The van der Waals surface area contributed by atoms with Gasteiger partial charge in [-0.3, -0.25) is 0 Å². The summed E-state index contributed by atoms with van der Waals surface area (Å²) in [6.07, 6.45) is 2.99. The first-order chi connectivity index (χ1) is 10.3. The molecule has 3 nitrogen and oxygen atoms in total. The van der Waals surface area contributed by atoms with Gasteiger partial charge in [-0.05, 0) is 30.4 Å². The predicted molar refractivity (Wildman–Crippen MR) is 84.0 cm³/mol. The third kappa shape index (κ3) is 4.09. The van der Waals surface area contributed by atoms with E-state index in [1.807, 2.05) is 36.4 Å². The lowest BCUT2D eigenvalue weighted by Gasteiger charge is -2.20. The second kappa shape index (κ2) is 6.44. The van der Waals surface area contributed by atoms with E-state index in [0.29, 0.717) is 6.04 Å². The number of hydrogen-bond donors (Lipinski definition) is 2. The number of carbonyl (C=O) groups is 1. The smallest absolute Gasteiger partial charge is 0.315 e. The van der Waals surface area contributed by atoms with Crippen LogP contribution in [-0.2, 0) is 6.42 Å². The maximum absolute atomic E-state index is 12.0. The summed E-state index contributed by atoms with van der Waals surface area (Å²) in [5.74, 6) is 0. The van der Waals surface area contributed by atoms with Crippen LogP contribution in [0.1, 0.15) is 30.0 Å². The normalized spacial score (nSPS) is 15.2. The maximum Gasteiger partial charge on any atom is 0.315 e. The average molecular weight is 280 g/mol. The molecule has 2 N–H and O–H groups in total. The number of hydrogen-bond acceptors (Lipinski definition) is 1. The topological polar surface area (TPSA) is 41.1 Å². The highest BCUT2D eigenvalue weighted by molar-refractivity contribution is 5.75. The summed E-state index contributed by atoms with van der Waals surface area (Å²) in [6.45, 7) is 0. The Morgan fingerprint density at radius 1 is 1.00 bits per heavy atom. The van der Waals surface area contributed by atoms with Crippen molar-refractivity contribution in [3.63, 3.8) is 0 Å². The van der Waals surface area contributed by atoms with Crippen molar-refractivity contribution in [2.45, 2.75) is 31.3 Å². The van der Waals surface area contributed by atoms with E-state index in [1.165, 1.54) is 5.56 Å². The summed E-state index contributed by atoms with van der Waals surface area (Å²) in [5.41, 5.74) is 2.35. The van der Waals surface area contributed by atoms with Crippen molar-refractivity contribution in [3.8, 4) is 0 Å². The fourth-order valence-corrected chi connectivity index (χ4v) is 2.40. The monoisotopic (exact) mass is 280 g/mol. The van der Waals surface area contributed by atoms with Crippen LogP contribution in [0.2, 0.25) is 0 Å². The van der Waals surface area contributed by atoms with Gasteiger partial charge in [0, 0.05) is 6.04 Å². The quantitative estimate of drug-likeness (QED) is 0.865. The third-order valence-electron chi connectivity index (χ3n) is 3.70. The second-order valence-electron chi connectivity index (χ2n) is 5.55. The molecule has 108 valence electrons. The molecule has 0 saturated heterocycles. The molecule has 1 atom stereocenters. The van der Waals surface area contributed by atoms with Crippen LogP contribution in [0, 0.1) is 0 Å². The molecule has 1 aliphatic rings. The van der Waals surface area contributed by atoms with Crippen molar-refractivity contribution >= 4 is 6.03 Å². The van der Waals surface area contributed by atoms with Gasteiger partial charge in [-0.1, -0.05) is 60.7 Å². The standard InChI is InChI=1S/C18H20N2O/c21-18(19-16-11-12-16)20-17(15-9-5-2-6-10-15)13-14-7-3-1-4-8-14/h1-10,16-17H,11-13H2,(H2,19,20,21). The summed E-state index contributed by atoms with van der Waals surface area (Å²) in [4.78, 5) is 12.0. The van der Waals surface area contributed by atoms with E-state index in [0.717, 1.165) is 24.8 Å². The largest absolute Gasteiger partial charge is 0.335 e. The van der Waals surface area contributed by atoms with Gasteiger partial charge in [0.1, 0.15) is 0 Å². The molecule has 21 heavy (non-hydrogen) atoms. The average Bonchev–Trinajstić information content (AvgIpc) is 3.32. The molecular formula is C18H20N2O. The summed E-state index contributed by atoms with van der Waals surface area (Å²) >= 11 is 0. The highest BCUT2D eigenvalue weighted by atomic mass is 16.2. The van der Waals surface area contributed by atoms with Crippen molar-refractivity contribution in [2.24, 2.45) is 0 Å². The summed E-state index contributed by atoms with van der Waals surface area (Å²) in [6, 6.07) is 20.7. The highest BCUT2D eigenvalue weighted by Crippen LogP contribution is 2.20.